The Morgan fingerprint density at radius 1 is 1.10 bits per heavy atom. The first kappa shape index (κ1) is 13.3. The standard InChI is InChI=1S/C16H11IO3/c17-11-7-5-10(6-8-11)14(18)9-15-12-3-1-2-4-13(12)16(19)20-15/h1-8,15H,9H2/t15-/m0/s1. The van der Waals surface area contributed by atoms with Crippen LogP contribution in [0.4, 0.5) is 0 Å². The fraction of sp³-hybridized carbons (Fsp3) is 0.125. The van der Waals surface area contributed by atoms with Crippen LogP contribution in [0.15, 0.2) is 48.5 Å². The molecular weight excluding hydrogens is 367 g/mol. The van der Waals surface area contributed by atoms with Crippen molar-refractivity contribution >= 4 is 34.3 Å². The van der Waals surface area contributed by atoms with Crippen molar-refractivity contribution in [2.75, 3.05) is 0 Å². The third-order valence-electron chi connectivity index (χ3n) is 3.31. The number of Topliss-reactive ketones (excluding diaryl/α,β-unsaturated/α-hetero) is 1. The van der Waals surface area contributed by atoms with Crippen molar-refractivity contribution in [3.63, 3.8) is 0 Å². The van der Waals surface area contributed by atoms with Crippen LogP contribution in [0.1, 0.15) is 38.8 Å². The van der Waals surface area contributed by atoms with E-state index in [1.54, 1.807) is 24.3 Å². The van der Waals surface area contributed by atoms with Crippen LogP contribution in [0.3, 0.4) is 0 Å². The lowest BCUT2D eigenvalue weighted by atomic mass is 9.99. The Hall–Kier alpha value is -1.69. The first-order valence-electron chi connectivity index (χ1n) is 6.24. The van der Waals surface area contributed by atoms with E-state index in [9.17, 15) is 9.59 Å². The minimum absolute atomic E-state index is 0.0177. The van der Waals surface area contributed by atoms with Crippen LogP contribution in [-0.2, 0) is 4.74 Å². The van der Waals surface area contributed by atoms with E-state index in [1.165, 1.54) is 0 Å². The zero-order valence-electron chi connectivity index (χ0n) is 10.5. The number of ketones is 1. The van der Waals surface area contributed by atoms with Crippen molar-refractivity contribution in [3.8, 4) is 0 Å². The average molecular weight is 378 g/mol. The number of hydrogen-bond donors (Lipinski definition) is 0. The maximum absolute atomic E-state index is 12.2. The molecule has 20 heavy (non-hydrogen) atoms. The molecule has 3 nitrogen and oxygen atoms in total. The molecule has 3 rings (SSSR count). The summed E-state index contributed by atoms with van der Waals surface area (Å²) in [7, 11) is 0. The van der Waals surface area contributed by atoms with Crippen LogP contribution in [0, 0.1) is 3.57 Å². The fourth-order valence-electron chi connectivity index (χ4n) is 2.29. The number of fused-ring (bicyclic) bond motifs is 1. The Balaban J connectivity index is 1.81. The zero-order chi connectivity index (χ0) is 14.1. The van der Waals surface area contributed by atoms with Gasteiger partial charge in [0.05, 0.1) is 12.0 Å². The average Bonchev–Trinajstić information content (AvgIpc) is 2.77. The Bertz CT molecular complexity index is 676. The predicted molar refractivity (Wildman–Crippen MR) is 82.7 cm³/mol. The van der Waals surface area contributed by atoms with Crippen LogP contribution < -0.4 is 0 Å². The molecule has 1 aliphatic rings. The number of cyclic esters (lactones) is 1. The molecule has 0 aromatic heterocycles. The maximum Gasteiger partial charge on any atom is 0.339 e. The van der Waals surface area contributed by atoms with Gasteiger partial charge in [0.2, 0.25) is 0 Å². The van der Waals surface area contributed by atoms with Crippen molar-refractivity contribution in [2.45, 2.75) is 12.5 Å². The maximum atomic E-state index is 12.2. The van der Waals surface area contributed by atoms with Gasteiger partial charge in [-0.2, -0.15) is 0 Å². The molecule has 1 aliphatic heterocycles. The number of carbonyl (C=O) groups excluding carboxylic acids is 2. The molecule has 0 amide bonds. The second-order valence-corrected chi connectivity index (χ2v) is 5.86. The van der Waals surface area contributed by atoms with E-state index in [2.05, 4.69) is 22.6 Å². The number of esters is 1. The smallest absolute Gasteiger partial charge is 0.339 e. The minimum atomic E-state index is -0.467. The van der Waals surface area contributed by atoms with E-state index in [-0.39, 0.29) is 18.2 Å². The molecular formula is C16H11IO3. The Morgan fingerprint density at radius 3 is 2.55 bits per heavy atom. The van der Waals surface area contributed by atoms with E-state index in [4.69, 9.17) is 4.74 Å². The van der Waals surface area contributed by atoms with E-state index < -0.39 is 6.10 Å². The van der Waals surface area contributed by atoms with Crippen LogP contribution in [0.25, 0.3) is 0 Å². The van der Waals surface area contributed by atoms with Crippen LogP contribution in [0.2, 0.25) is 0 Å². The summed E-state index contributed by atoms with van der Waals surface area (Å²) in [6.45, 7) is 0. The molecule has 2 aromatic rings. The summed E-state index contributed by atoms with van der Waals surface area (Å²) in [5, 5.41) is 0. The van der Waals surface area contributed by atoms with Gasteiger partial charge in [-0.3, -0.25) is 4.79 Å². The highest BCUT2D eigenvalue weighted by Gasteiger charge is 2.32. The van der Waals surface area contributed by atoms with Crippen molar-refractivity contribution in [1.29, 1.82) is 0 Å². The highest BCUT2D eigenvalue weighted by Crippen LogP contribution is 2.33. The lowest BCUT2D eigenvalue weighted by molar-refractivity contribution is 0.0367. The third-order valence-corrected chi connectivity index (χ3v) is 4.03. The van der Waals surface area contributed by atoms with Gasteiger partial charge >= 0.3 is 5.97 Å². The van der Waals surface area contributed by atoms with Crippen LogP contribution in [0.5, 0.6) is 0 Å². The van der Waals surface area contributed by atoms with E-state index in [0.717, 1.165) is 9.13 Å². The molecule has 4 heteroatoms. The molecule has 1 atom stereocenters. The van der Waals surface area contributed by atoms with Crippen molar-refractivity contribution in [2.24, 2.45) is 0 Å². The molecule has 0 radical (unpaired) electrons. The monoisotopic (exact) mass is 378 g/mol. The van der Waals surface area contributed by atoms with E-state index >= 15 is 0 Å². The largest absolute Gasteiger partial charge is 0.453 e. The van der Waals surface area contributed by atoms with Gasteiger partial charge in [-0.1, -0.05) is 30.3 Å². The van der Waals surface area contributed by atoms with E-state index in [1.807, 2.05) is 24.3 Å². The quantitative estimate of drug-likeness (QED) is 0.464. The second kappa shape index (κ2) is 5.36. The lowest BCUT2D eigenvalue weighted by Crippen LogP contribution is -2.07. The number of carbonyl (C=O) groups is 2. The number of ether oxygens (including phenoxy) is 1. The van der Waals surface area contributed by atoms with Crippen LogP contribution in [-0.4, -0.2) is 11.8 Å². The Kier molecular flexibility index (Phi) is 3.56. The SMILES string of the molecule is O=C(C[C@@H]1OC(=O)c2ccccc21)c1ccc(I)cc1. The molecule has 2 aromatic carbocycles. The summed E-state index contributed by atoms with van der Waals surface area (Å²) < 4.78 is 6.37. The van der Waals surface area contributed by atoms with Crippen molar-refractivity contribution < 1.29 is 14.3 Å². The third kappa shape index (κ3) is 2.47. The zero-order valence-corrected chi connectivity index (χ0v) is 12.7. The molecule has 0 N–H and O–H groups in total. The molecule has 0 fully saturated rings. The lowest BCUT2D eigenvalue weighted by Gasteiger charge is -2.09. The van der Waals surface area contributed by atoms with Gasteiger partial charge in [0, 0.05) is 14.7 Å². The Morgan fingerprint density at radius 2 is 1.80 bits per heavy atom. The Labute approximate surface area is 130 Å². The van der Waals surface area contributed by atoms with Crippen molar-refractivity contribution in [1.82, 2.24) is 0 Å². The summed E-state index contributed by atoms with van der Waals surface area (Å²) in [4.78, 5) is 23.9. The molecule has 0 saturated carbocycles. The van der Waals surface area contributed by atoms with Crippen molar-refractivity contribution in [3.05, 3.63) is 68.8 Å². The first-order valence-corrected chi connectivity index (χ1v) is 7.32. The summed E-state index contributed by atoms with van der Waals surface area (Å²) in [5.74, 6) is -0.364. The number of rotatable bonds is 3. The minimum Gasteiger partial charge on any atom is -0.453 e. The highest BCUT2D eigenvalue weighted by molar-refractivity contribution is 14.1. The van der Waals surface area contributed by atoms with Gasteiger partial charge in [0.25, 0.3) is 0 Å². The molecule has 0 bridgehead atoms. The van der Waals surface area contributed by atoms with Gasteiger partial charge in [-0.15, -0.1) is 0 Å². The molecule has 100 valence electrons. The normalized spacial score (nSPS) is 16.6. The number of halogens is 1. The van der Waals surface area contributed by atoms with Crippen LogP contribution >= 0.6 is 22.6 Å². The second-order valence-electron chi connectivity index (χ2n) is 4.62. The summed E-state index contributed by atoms with van der Waals surface area (Å²) in [6.07, 6.45) is -0.283. The first-order chi connectivity index (χ1) is 9.65. The molecule has 1 heterocycles. The van der Waals surface area contributed by atoms with Gasteiger partial charge in [0.1, 0.15) is 6.10 Å². The topological polar surface area (TPSA) is 43.4 Å². The van der Waals surface area contributed by atoms with Gasteiger partial charge < -0.3 is 4.74 Å². The number of benzene rings is 2. The van der Waals surface area contributed by atoms with E-state index in [0.29, 0.717) is 11.1 Å². The fourth-order valence-corrected chi connectivity index (χ4v) is 2.65. The predicted octanol–water partition coefficient (Wildman–Crippen LogP) is 3.78. The summed E-state index contributed by atoms with van der Waals surface area (Å²) in [5.41, 5.74) is 2.01. The summed E-state index contributed by atoms with van der Waals surface area (Å²) in [6, 6.07) is 14.6. The van der Waals surface area contributed by atoms with Gasteiger partial charge in [-0.05, 0) is 40.8 Å². The summed E-state index contributed by atoms with van der Waals surface area (Å²) >= 11 is 2.19. The molecule has 0 aliphatic carbocycles. The number of hydrogen-bond acceptors (Lipinski definition) is 3. The molecule has 0 saturated heterocycles. The molecule has 0 spiro atoms. The van der Waals surface area contributed by atoms with Gasteiger partial charge in [0.15, 0.2) is 5.78 Å². The van der Waals surface area contributed by atoms with Gasteiger partial charge in [-0.25, -0.2) is 4.79 Å². The highest BCUT2D eigenvalue weighted by atomic mass is 127. The molecule has 0 unspecified atom stereocenters.